The third-order valence-electron chi connectivity index (χ3n) is 4.94. The van der Waals surface area contributed by atoms with Crippen LogP contribution in [0.2, 0.25) is 0 Å². The first kappa shape index (κ1) is 15.7. The lowest BCUT2D eigenvalue weighted by atomic mass is 10.1. The second-order valence-electron chi connectivity index (χ2n) is 6.25. The van der Waals surface area contributed by atoms with Crippen molar-refractivity contribution in [3.63, 3.8) is 0 Å². The van der Waals surface area contributed by atoms with Gasteiger partial charge in [0.25, 0.3) is 5.91 Å². The lowest BCUT2D eigenvalue weighted by molar-refractivity contribution is -0.137. The summed E-state index contributed by atoms with van der Waals surface area (Å²) in [6.07, 6.45) is -5.41. The van der Waals surface area contributed by atoms with E-state index in [2.05, 4.69) is 0 Å². The lowest BCUT2D eigenvalue weighted by Gasteiger charge is -2.32. The first-order valence-corrected chi connectivity index (χ1v) is 7.53. The van der Waals surface area contributed by atoms with Crippen molar-refractivity contribution in [3.05, 3.63) is 29.8 Å². The van der Waals surface area contributed by atoms with E-state index in [1.807, 2.05) is 0 Å². The number of fused-ring (bicyclic) bond motifs is 5. The molecule has 1 aromatic carbocycles. The van der Waals surface area contributed by atoms with Gasteiger partial charge in [0.05, 0.1) is 23.3 Å². The van der Waals surface area contributed by atoms with Crippen molar-refractivity contribution in [2.75, 3.05) is 11.4 Å². The third kappa shape index (κ3) is 2.09. The number of alkyl halides is 3. The molecule has 3 fully saturated rings. The lowest BCUT2D eigenvalue weighted by Crippen LogP contribution is -2.54. The van der Waals surface area contributed by atoms with Crippen LogP contribution in [0.3, 0.4) is 0 Å². The molecule has 10 heteroatoms. The first-order valence-electron chi connectivity index (χ1n) is 7.53. The molecule has 2 bridgehead atoms. The van der Waals surface area contributed by atoms with E-state index in [4.69, 9.17) is 0 Å². The summed E-state index contributed by atoms with van der Waals surface area (Å²) < 4.78 is 38.6. The number of piperazine rings is 1. The highest BCUT2D eigenvalue weighted by molar-refractivity contribution is 6.22. The summed E-state index contributed by atoms with van der Waals surface area (Å²) in [4.78, 5) is 39.7. The molecule has 132 valence electrons. The van der Waals surface area contributed by atoms with Gasteiger partial charge in [-0.05, 0) is 24.6 Å². The van der Waals surface area contributed by atoms with Gasteiger partial charge in [-0.15, -0.1) is 0 Å². The van der Waals surface area contributed by atoms with Crippen LogP contribution in [0.5, 0.6) is 0 Å². The minimum Gasteiger partial charge on any atom is -0.465 e. The molecule has 0 aromatic heterocycles. The van der Waals surface area contributed by atoms with Crippen molar-refractivity contribution in [2.24, 2.45) is 0 Å². The molecule has 3 aliphatic heterocycles. The minimum atomic E-state index is -4.60. The maximum absolute atomic E-state index is 12.9. The van der Waals surface area contributed by atoms with Crippen LogP contribution < -0.4 is 4.90 Å². The zero-order valence-electron chi connectivity index (χ0n) is 12.6. The van der Waals surface area contributed by atoms with Crippen molar-refractivity contribution in [2.45, 2.75) is 30.7 Å². The predicted molar refractivity (Wildman–Crippen MR) is 76.9 cm³/mol. The molecule has 4 amide bonds. The second kappa shape index (κ2) is 4.87. The van der Waals surface area contributed by atoms with E-state index in [9.17, 15) is 32.7 Å². The number of amides is 4. The topological polar surface area (TPSA) is 81.2 Å². The number of imide groups is 1. The average Bonchev–Trinajstić information content (AvgIpc) is 3.18. The summed E-state index contributed by atoms with van der Waals surface area (Å²) in [5.74, 6) is -0.692. The normalized spacial score (nSPS) is 28.1. The zero-order valence-corrected chi connectivity index (χ0v) is 12.6. The molecule has 4 rings (SSSR count). The number of carboxylic acid groups (broad SMARTS) is 1. The fraction of sp³-hybridized carbons (Fsp3) is 0.400. The Morgan fingerprint density at radius 2 is 1.96 bits per heavy atom. The summed E-state index contributed by atoms with van der Waals surface area (Å²) in [6.45, 7) is 0.103. The Morgan fingerprint density at radius 3 is 2.60 bits per heavy atom. The van der Waals surface area contributed by atoms with Gasteiger partial charge < -0.3 is 14.9 Å². The highest BCUT2D eigenvalue weighted by atomic mass is 19.4. The summed E-state index contributed by atoms with van der Waals surface area (Å²) in [6, 6.07) is 1.21. The summed E-state index contributed by atoms with van der Waals surface area (Å²) in [7, 11) is 0. The highest BCUT2D eigenvalue weighted by Gasteiger charge is 2.63. The van der Waals surface area contributed by atoms with Crippen LogP contribution in [0.15, 0.2) is 24.3 Å². The summed E-state index contributed by atoms with van der Waals surface area (Å²) in [5.41, 5.74) is -1.13. The molecule has 1 N–H and O–H groups in total. The number of rotatable bonds is 1. The molecular weight excluding hydrogens is 343 g/mol. The number of benzene rings is 1. The molecule has 0 radical (unpaired) electrons. The fourth-order valence-electron chi connectivity index (χ4n) is 3.94. The number of anilines is 1. The van der Waals surface area contributed by atoms with E-state index >= 15 is 0 Å². The number of carbonyl (C=O) groups excluding carboxylic acids is 2. The van der Waals surface area contributed by atoms with Crippen LogP contribution in [-0.4, -0.2) is 57.6 Å². The molecule has 3 aliphatic rings. The average molecular weight is 355 g/mol. The molecule has 25 heavy (non-hydrogen) atoms. The highest BCUT2D eigenvalue weighted by Crippen LogP contribution is 2.42. The second-order valence-corrected chi connectivity index (χ2v) is 6.25. The Labute approximate surface area is 139 Å². The van der Waals surface area contributed by atoms with E-state index < -0.39 is 47.9 Å². The fourth-order valence-corrected chi connectivity index (χ4v) is 3.94. The van der Waals surface area contributed by atoms with Crippen molar-refractivity contribution >= 4 is 23.7 Å². The molecular formula is C15H12F3N3O4. The van der Waals surface area contributed by atoms with Gasteiger partial charge in [-0.25, -0.2) is 14.5 Å². The van der Waals surface area contributed by atoms with Gasteiger partial charge in [-0.2, -0.15) is 13.2 Å². The maximum Gasteiger partial charge on any atom is 0.416 e. The molecule has 7 nitrogen and oxygen atoms in total. The number of urea groups is 1. The van der Waals surface area contributed by atoms with Crippen molar-refractivity contribution < 1.29 is 32.7 Å². The van der Waals surface area contributed by atoms with Crippen LogP contribution in [0, 0.1) is 0 Å². The Hall–Kier alpha value is -2.78. The van der Waals surface area contributed by atoms with E-state index in [1.54, 1.807) is 0 Å². The van der Waals surface area contributed by atoms with Gasteiger partial charge in [0.1, 0.15) is 6.04 Å². The van der Waals surface area contributed by atoms with Crippen molar-refractivity contribution in [1.82, 2.24) is 9.80 Å². The van der Waals surface area contributed by atoms with Gasteiger partial charge in [-0.1, -0.05) is 6.07 Å². The number of halogens is 3. The quantitative estimate of drug-likeness (QED) is 0.781. The number of carbonyl (C=O) groups is 3. The Morgan fingerprint density at radius 1 is 1.24 bits per heavy atom. The maximum atomic E-state index is 12.9. The van der Waals surface area contributed by atoms with E-state index in [0.717, 1.165) is 23.1 Å². The molecule has 1 aromatic rings. The molecule has 3 saturated heterocycles. The van der Waals surface area contributed by atoms with E-state index in [0.29, 0.717) is 11.3 Å². The monoisotopic (exact) mass is 355 g/mol. The van der Waals surface area contributed by atoms with Crippen LogP contribution >= 0.6 is 0 Å². The van der Waals surface area contributed by atoms with Crippen LogP contribution in [0.4, 0.5) is 28.4 Å². The van der Waals surface area contributed by atoms with Crippen molar-refractivity contribution in [3.8, 4) is 0 Å². The van der Waals surface area contributed by atoms with E-state index in [1.165, 1.54) is 11.0 Å². The van der Waals surface area contributed by atoms with Gasteiger partial charge in [0.2, 0.25) is 0 Å². The molecule has 0 saturated carbocycles. The van der Waals surface area contributed by atoms with Gasteiger partial charge in [0.15, 0.2) is 0 Å². The largest absolute Gasteiger partial charge is 0.465 e. The molecule has 0 aliphatic carbocycles. The third-order valence-corrected chi connectivity index (χ3v) is 4.94. The van der Waals surface area contributed by atoms with Crippen LogP contribution in [0.1, 0.15) is 12.0 Å². The summed E-state index contributed by atoms with van der Waals surface area (Å²) >= 11 is 0. The number of hydrogen-bond donors (Lipinski definition) is 1. The Kier molecular flexibility index (Phi) is 3.06. The molecule has 0 spiro atoms. The first-order chi connectivity index (χ1) is 11.7. The SMILES string of the molecule is O=C1C2C3CC(CN3C(=O)O)N2C(=O)N1c1cccc(C(F)(F)F)c1. The van der Waals surface area contributed by atoms with Crippen LogP contribution in [-0.2, 0) is 11.0 Å². The van der Waals surface area contributed by atoms with Crippen molar-refractivity contribution in [1.29, 1.82) is 0 Å². The van der Waals surface area contributed by atoms with Crippen LogP contribution in [0.25, 0.3) is 0 Å². The number of likely N-dealkylation sites (tertiary alicyclic amines) is 1. The number of nitrogens with zero attached hydrogens (tertiary/aromatic N) is 3. The van der Waals surface area contributed by atoms with Gasteiger partial charge in [0, 0.05) is 6.54 Å². The zero-order chi connectivity index (χ0) is 18.1. The van der Waals surface area contributed by atoms with Gasteiger partial charge >= 0.3 is 18.3 Å². The standard InChI is InChI=1S/C15H12F3N3O4/c16-15(17,18)7-2-1-3-8(4-7)21-12(22)11-10-5-9(20(11)13(21)23)6-19(10)14(24)25/h1-4,9-11H,5-6H2,(H,24,25). The van der Waals surface area contributed by atoms with E-state index in [-0.39, 0.29) is 12.2 Å². The smallest absolute Gasteiger partial charge is 0.416 e. The minimum absolute atomic E-state index is 0.103. The molecule has 3 unspecified atom stereocenters. The number of hydrogen-bond acceptors (Lipinski definition) is 3. The summed E-state index contributed by atoms with van der Waals surface area (Å²) in [5, 5.41) is 9.19. The molecule has 3 heterocycles. The van der Waals surface area contributed by atoms with Gasteiger partial charge in [-0.3, -0.25) is 4.79 Å². The Bertz CT molecular complexity index is 796. The predicted octanol–water partition coefficient (Wildman–Crippen LogP) is 1.98. The Balaban J connectivity index is 1.70. The molecule has 3 atom stereocenters.